The molecule has 0 radical (unpaired) electrons. The standard InChI is InChI=1S/C28H30F2N4O4S/c1-20-27(26(38-31-20)11-6-21-4-2-3-5-25(21)30)39(36,37)34-14-12-22(13-15-34)28(35)33-18-16-32(17-19-33)24-9-7-23(29)8-10-24/h2-11,22H,12-19H2,1H3. The van der Waals surface area contributed by atoms with Crippen LogP contribution in [-0.4, -0.2) is 68.0 Å². The Morgan fingerprint density at radius 1 is 0.949 bits per heavy atom. The normalized spacial score (nSPS) is 17.7. The lowest BCUT2D eigenvalue weighted by Gasteiger charge is -2.39. The number of hydrogen-bond donors (Lipinski definition) is 0. The van der Waals surface area contributed by atoms with Crippen molar-refractivity contribution in [1.82, 2.24) is 14.4 Å². The number of hydrogen-bond acceptors (Lipinski definition) is 6. The van der Waals surface area contributed by atoms with Crippen molar-refractivity contribution in [1.29, 1.82) is 0 Å². The first-order chi connectivity index (χ1) is 18.7. The van der Waals surface area contributed by atoms with E-state index in [4.69, 9.17) is 4.52 Å². The van der Waals surface area contributed by atoms with E-state index in [-0.39, 0.29) is 47.1 Å². The number of amides is 1. The van der Waals surface area contributed by atoms with Gasteiger partial charge < -0.3 is 14.3 Å². The quantitative estimate of drug-likeness (QED) is 0.453. The number of benzene rings is 2. The van der Waals surface area contributed by atoms with Gasteiger partial charge in [0.25, 0.3) is 0 Å². The van der Waals surface area contributed by atoms with Crippen molar-refractivity contribution in [2.75, 3.05) is 44.2 Å². The fourth-order valence-electron chi connectivity index (χ4n) is 5.14. The van der Waals surface area contributed by atoms with Crippen LogP contribution >= 0.6 is 0 Å². The minimum atomic E-state index is -3.94. The Hall–Kier alpha value is -3.57. The highest BCUT2D eigenvalue weighted by molar-refractivity contribution is 7.89. The first-order valence-electron chi connectivity index (χ1n) is 12.9. The second kappa shape index (κ2) is 11.3. The summed E-state index contributed by atoms with van der Waals surface area (Å²) in [7, 11) is -3.94. The van der Waals surface area contributed by atoms with Gasteiger partial charge in [-0.1, -0.05) is 23.4 Å². The van der Waals surface area contributed by atoms with Gasteiger partial charge in [-0.25, -0.2) is 17.2 Å². The molecule has 2 fully saturated rings. The van der Waals surface area contributed by atoms with E-state index in [1.54, 1.807) is 37.3 Å². The number of piperidine rings is 1. The fraction of sp³-hybridized carbons (Fsp3) is 0.357. The monoisotopic (exact) mass is 556 g/mol. The average Bonchev–Trinajstić information content (AvgIpc) is 3.33. The maximum absolute atomic E-state index is 14.0. The summed E-state index contributed by atoms with van der Waals surface area (Å²) < 4.78 is 60.9. The lowest BCUT2D eigenvalue weighted by molar-refractivity contribution is -0.137. The summed E-state index contributed by atoms with van der Waals surface area (Å²) in [5.41, 5.74) is 1.45. The van der Waals surface area contributed by atoms with Crippen molar-refractivity contribution < 1.29 is 26.5 Å². The molecule has 3 heterocycles. The van der Waals surface area contributed by atoms with E-state index >= 15 is 0 Å². The summed E-state index contributed by atoms with van der Waals surface area (Å²) in [5.74, 6) is -0.889. The van der Waals surface area contributed by atoms with Crippen molar-refractivity contribution in [3.8, 4) is 0 Å². The van der Waals surface area contributed by atoms with Crippen molar-refractivity contribution in [2.24, 2.45) is 5.92 Å². The number of rotatable bonds is 6. The Labute approximate surface area is 226 Å². The molecule has 0 saturated carbocycles. The molecule has 3 aromatic rings. The summed E-state index contributed by atoms with van der Waals surface area (Å²) in [6, 6.07) is 12.5. The number of aromatic nitrogens is 1. The predicted molar refractivity (Wildman–Crippen MR) is 143 cm³/mol. The van der Waals surface area contributed by atoms with Gasteiger partial charge in [0.2, 0.25) is 15.9 Å². The second-order valence-corrected chi connectivity index (χ2v) is 11.7. The molecule has 39 heavy (non-hydrogen) atoms. The van der Waals surface area contributed by atoms with Gasteiger partial charge in [0.1, 0.15) is 17.3 Å². The molecule has 206 valence electrons. The molecule has 0 bridgehead atoms. The van der Waals surface area contributed by atoms with Crippen molar-refractivity contribution in [2.45, 2.75) is 24.7 Å². The minimum Gasteiger partial charge on any atom is -0.368 e. The zero-order chi connectivity index (χ0) is 27.6. The maximum atomic E-state index is 14.0. The highest BCUT2D eigenvalue weighted by Gasteiger charge is 2.37. The number of halogens is 2. The summed E-state index contributed by atoms with van der Waals surface area (Å²) in [6.07, 6.45) is 3.70. The van der Waals surface area contributed by atoms with Crippen LogP contribution in [0.3, 0.4) is 0 Å². The van der Waals surface area contributed by atoms with E-state index in [1.807, 2.05) is 4.90 Å². The summed E-state index contributed by atoms with van der Waals surface area (Å²) in [5, 5.41) is 3.84. The molecular formula is C28H30F2N4O4S. The van der Waals surface area contributed by atoms with Gasteiger partial charge in [-0.05, 0) is 62.2 Å². The van der Waals surface area contributed by atoms with Crippen LogP contribution in [0.15, 0.2) is 57.9 Å². The number of piperazine rings is 1. The molecule has 2 saturated heterocycles. The van der Waals surface area contributed by atoms with Crippen molar-refractivity contribution in [3.05, 3.63) is 77.2 Å². The summed E-state index contributed by atoms with van der Waals surface area (Å²) in [6.45, 7) is 4.39. The number of sulfonamides is 1. The molecule has 2 aliphatic rings. The molecule has 8 nitrogen and oxygen atoms in total. The van der Waals surface area contributed by atoms with Gasteiger partial charge in [-0.2, -0.15) is 4.31 Å². The number of aryl methyl sites for hydroxylation is 1. The smallest absolute Gasteiger partial charge is 0.248 e. The van der Waals surface area contributed by atoms with Crippen molar-refractivity contribution in [3.63, 3.8) is 0 Å². The summed E-state index contributed by atoms with van der Waals surface area (Å²) in [4.78, 5) is 17.1. The molecule has 0 atom stereocenters. The lowest BCUT2D eigenvalue weighted by atomic mass is 9.96. The summed E-state index contributed by atoms with van der Waals surface area (Å²) >= 11 is 0. The van der Waals surface area contributed by atoms with Crippen LogP contribution in [0, 0.1) is 24.5 Å². The molecule has 1 amide bonds. The first-order valence-corrected chi connectivity index (χ1v) is 14.4. The Bertz CT molecular complexity index is 1460. The molecule has 11 heteroatoms. The highest BCUT2D eigenvalue weighted by Crippen LogP contribution is 2.30. The minimum absolute atomic E-state index is 0.0352. The van der Waals surface area contributed by atoms with Gasteiger partial charge in [-0.15, -0.1) is 0 Å². The maximum Gasteiger partial charge on any atom is 0.248 e. The Kier molecular flexibility index (Phi) is 7.81. The Morgan fingerprint density at radius 2 is 1.62 bits per heavy atom. The first kappa shape index (κ1) is 27.0. The van der Waals surface area contributed by atoms with E-state index in [1.165, 1.54) is 34.7 Å². The molecule has 0 unspecified atom stereocenters. The van der Waals surface area contributed by atoms with Crippen LogP contribution in [-0.2, 0) is 14.8 Å². The number of carbonyl (C=O) groups is 1. The third-order valence-electron chi connectivity index (χ3n) is 7.34. The van der Waals surface area contributed by atoms with E-state index < -0.39 is 15.8 Å². The van der Waals surface area contributed by atoms with Crippen LogP contribution in [0.5, 0.6) is 0 Å². The molecule has 0 N–H and O–H groups in total. The lowest BCUT2D eigenvalue weighted by Crippen LogP contribution is -2.52. The molecule has 5 rings (SSSR count). The van der Waals surface area contributed by atoms with Crippen LogP contribution in [0.25, 0.3) is 12.2 Å². The van der Waals surface area contributed by atoms with Crippen LogP contribution < -0.4 is 4.90 Å². The van der Waals surface area contributed by atoms with Crippen LogP contribution in [0.1, 0.15) is 29.9 Å². The van der Waals surface area contributed by atoms with Gasteiger partial charge in [0.05, 0.1) is 0 Å². The Morgan fingerprint density at radius 3 is 2.28 bits per heavy atom. The number of nitrogens with zero attached hydrogens (tertiary/aromatic N) is 4. The molecule has 2 aromatic carbocycles. The van der Waals surface area contributed by atoms with Gasteiger partial charge in [-0.3, -0.25) is 4.79 Å². The SMILES string of the molecule is Cc1noc(C=Cc2ccccc2F)c1S(=O)(=O)N1CCC(C(=O)N2CCN(c3ccc(F)cc3)CC2)CC1. The van der Waals surface area contributed by atoms with E-state index in [9.17, 15) is 22.0 Å². The van der Waals surface area contributed by atoms with Gasteiger partial charge >= 0.3 is 0 Å². The zero-order valence-electron chi connectivity index (χ0n) is 21.6. The highest BCUT2D eigenvalue weighted by atomic mass is 32.2. The number of carbonyl (C=O) groups excluding carboxylic acids is 1. The molecular weight excluding hydrogens is 526 g/mol. The predicted octanol–water partition coefficient (Wildman–Crippen LogP) is 4.18. The third-order valence-corrected chi connectivity index (χ3v) is 9.39. The molecule has 0 spiro atoms. The van der Waals surface area contributed by atoms with Crippen molar-refractivity contribution >= 4 is 33.8 Å². The van der Waals surface area contributed by atoms with E-state index in [0.29, 0.717) is 44.6 Å². The van der Waals surface area contributed by atoms with Crippen LogP contribution in [0.4, 0.5) is 14.5 Å². The topological polar surface area (TPSA) is 87.0 Å². The molecule has 0 aliphatic carbocycles. The Balaban J connectivity index is 1.20. The largest absolute Gasteiger partial charge is 0.368 e. The van der Waals surface area contributed by atoms with Gasteiger partial charge in [0, 0.05) is 56.4 Å². The zero-order valence-corrected chi connectivity index (χ0v) is 22.4. The van der Waals surface area contributed by atoms with E-state index in [2.05, 4.69) is 10.1 Å². The molecule has 2 aliphatic heterocycles. The fourth-order valence-corrected chi connectivity index (χ4v) is 6.86. The average molecular weight is 557 g/mol. The van der Waals surface area contributed by atoms with E-state index in [0.717, 1.165) is 5.69 Å². The third kappa shape index (κ3) is 5.74. The van der Waals surface area contributed by atoms with Gasteiger partial charge in [0.15, 0.2) is 10.7 Å². The van der Waals surface area contributed by atoms with Crippen LogP contribution in [0.2, 0.25) is 0 Å². The number of anilines is 1. The second-order valence-electron chi connectivity index (χ2n) is 9.78. The molecule has 1 aromatic heterocycles.